The minimum absolute atomic E-state index is 0.188. The van der Waals surface area contributed by atoms with E-state index < -0.39 is 0 Å². The molecule has 0 unspecified atom stereocenters. The lowest BCUT2D eigenvalue weighted by Crippen LogP contribution is -2.23. The fraction of sp³-hybridized carbons (Fsp3) is 0.600. The minimum Gasteiger partial charge on any atom is -0.371 e. The molecule has 0 aliphatic rings. The number of hydrogen-bond acceptors (Lipinski definition) is 1. The second-order valence-corrected chi connectivity index (χ2v) is 6.04. The maximum Gasteiger partial charge on any atom is 0.0875 e. The first-order valence-corrected chi connectivity index (χ1v) is 6.01. The monoisotopic (exact) mass is 220 g/mol. The maximum absolute atomic E-state index is 5.99. The van der Waals surface area contributed by atoms with Crippen LogP contribution >= 0.6 is 0 Å². The zero-order chi connectivity index (χ0) is 12.2. The first kappa shape index (κ1) is 13.2. The first-order valence-electron chi connectivity index (χ1n) is 6.01. The van der Waals surface area contributed by atoms with Crippen LogP contribution < -0.4 is 0 Å². The highest BCUT2D eigenvalue weighted by Gasteiger charge is 2.21. The molecule has 1 nitrogen and oxygen atoms in total. The van der Waals surface area contributed by atoms with Crippen LogP contribution in [-0.2, 0) is 10.3 Å². The Labute approximate surface area is 99.8 Å². The Morgan fingerprint density at radius 3 is 2.00 bits per heavy atom. The summed E-state index contributed by atoms with van der Waals surface area (Å²) in [6.45, 7) is 11.8. The van der Waals surface area contributed by atoms with Gasteiger partial charge in [-0.1, -0.05) is 51.1 Å². The largest absolute Gasteiger partial charge is 0.371 e. The minimum atomic E-state index is -0.188. The lowest BCUT2D eigenvalue weighted by molar-refractivity contribution is -0.0317. The second kappa shape index (κ2) is 5.01. The molecule has 0 N–H and O–H groups in total. The Balaban J connectivity index is 2.53. The van der Waals surface area contributed by atoms with Crippen molar-refractivity contribution >= 4 is 0 Å². The summed E-state index contributed by atoms with van der Waals surface area (Å²) in [5, 5.41) is 0. The predicted molar refractivity (Wildman–Crippen MR) is 69.5 cm³/mol. The molecule has 16 heavy (non-hydrogen) atoms. The van der Waals surface area contributed by atoms with Crippen molar-refractivity contribution in [3.8, 4) is 0 Å². The SMILES string of the molecule is CC(C)(C)CCOC(C)(C)c1ccccc1. The molecule has 1 aromatic rings. The molecule has 90 valence electrons. The van der Waals surface area contributed by atoms with Crippen molar-refractivity contribution in [3.63, 3.8) is 0 Å². The highest BCUT2D eigenvalue weighted by molar-refractivity contribution is 5.20. The van der Waals surface area contributed by atoms with E-state index in [0.29, 0.717) is 5.41 Å². The van der Waals surface area contributed by atoms with E-state index in [1.165, 1.54) is 5.56 Å². The van der Waals surface area contributed by atoms with E-state index in [1.807, 2.05) is 6.07 Å². The topological polar surface area (TPSA) is 9.23 Å². The van der Waals surface area contributed by atoms with Gasteiger partial charge in [0, 0.05) is 6.61 Å². The number of rotatable bonds is 4. The highest BCUT2D eigenvalue weighted by Crippen LogP contribution is 2.26. The van der Waals surface area contributed by atoms with Crippen LogP contribution in [0.25, 0.3) is 0 Å². The van der Waals surface area contributed by atoms with Gasteiger partial charge in [0.25, 0.3) is 0 Å². The van der Waals surface area contributed by atoms with E-state index >= 15 is 0 Å². The van der Waals surface area contributed by atoms with Crippen LogP contribution in [0.3, 0.4) is 0 Å². The summed E-state index contributed by atoms with van der Waals surface area (Å²) in [7, 11) is 0. The fourth-order valence-electron chi connectivity index (χ4n) is 1.54. The maximum atomic E-state index is 5.99. The number of hydrogen-bond donors (Lipinski definition) is 0. The van der Waals surface area contributed by atoms with E-state index in [9.17, 15) is 0 Å². The summed E-state index contributed by atoms with van der Waals surface area (Å²) in [5.41, 5.74) is 1.39. The van der Waals surface area contributed by atoms with Gasteiger partial charge < -0.3 is 4.74 Å². The van der Waals surface area contributed by atoms with Crippen molar-refractivity contribution in [2.75, 3.05) is 6.61 Å². The van der Waals surface area contributed by atoms with Crippen LogP contribution in [0.5, 0.6) is 0 Å². The Morgan fingerprint density at radius 1 is 0.938 bits per heavy atom. The highest BCUT2D eigenvalue weighted by atomic mass is 16.5. The standard InChI is InChI=1S/C15H24O/c1-14(2,3)11-12-16-15(4,5)13-9-7-6-8-10-13/h6-10H,11-12H2,1-5H3. The number of ether oxygens (including phenoxy) is 1. The predicted octanol–water partition coefficient (Wildman–Crippen LogP) is 4.37. The molecule has 0 atom stereocenters. The normalized spacial score (nSPS) is 12.8. The van der Waals surface area contributed by atoms with Gasteiger partial charge in [0.2, 0.25) is 0 Å². The van der Waals surface area contributed by atoms with Gasteiger partial charge in [-0.05, 0) is 31.2 Å². The fourth-order valence-corrected chi connectivity index (χ4v) is 1.54. The Morgan fingerprint density at radius 2 is 1.50 bits per heavy atom. The third-order valence-corrected chi connectivity index (χ3v) is 2.78. The molecular formula is C15H24O. The molecule has 0 spiro atoms. The third kappa shape index (κ3) is 4.36. The molecule has 1 rings (SSSR count). The summed E-state index contributed by atoms with van der Waals surface area (Å²) in [6.07, 6.45) is 1.09. The number of benzene rings is 1. The van der Waals surface area contributed by atoms with Crippen LogP contribution in [-0.4, -0.2) is 6.61 Å². The summed E-state index contributed by atoms with van der Waals surface area (Å²) in [5.74, 6) is 0. The van der Waals surface area contributed by atoms with Crippen LogP contribution in [0.15, 0.2) is 30.3 Å². The molecule has 1 heteroatoms. The Kier molecular flexibility index (Phi) is 4.15. The molecule has 0 amide bonds. The Hall–Kier alpha value is -0.820. The summed E-state index contributed by atoms with van der Waals surface area (Å²) in [4.78, 5) is 0. The molecule has 0 saturated carbocycles. The quantitative estimate of drug-likeness (QED) is 0.732. The van der Waals surface area contributed by atoms with E-state index in [1.54, 1.807) is 0 Å². The molecule has 0 aliphatic carbocycles. The van der Waals surface area contributed by atoms with Crippen molar-refractivity contribution in [1.29, 1.82) is 0 Å². The van der Waals surface area contributed by atoms with Crippen molar-refractivity contribution in [3.05, 3.63) is 35.9 Å². The molecule has 0 aliphatic heterocycles. The van der Waals surface area contributed by atoms with Gasteiger partial charge in [-0.15, -0.1) is 0 Å². The van der Waals surface area contributed by atoms with Gasteiger partial charge in [0.1, 0.15) is 0 Å². The summed E-state index contributed by atoms with van der Waals surface area (Å²) >= 11 is 0. The summed E-state index contributed by atoms with van der Waals surface area (Å²) < 4.78 is 5.99. The van der Waals surface area contributed by atoms with Gasteiger partial charge in [-0.25, -0.2) is 0 Å². The average Bonchev–Trinajstić information content (AvgIpc) is 2.17. The van der Waals surface area contributed by atoms with E-state index in [2.05, 4.69) is 58.9 Å². The van der Waals surface area contributed by atoms with E-state index in [-0.39, 0.29) is 5.60 Å². The van der Waals surface area contributed by atoms with E-state index in [4.69, 9.17) is 4.74 Å². The van der Waals surface area contributed by atoms with Crippen LogP contribution in [0.4, 0.5) is 0 Å². The van der Waals surface area contributed by atoms with Crippen LogP contribution in [0.2, 0.25) is 0 Å². The van der Waals surface area contributed by atoms with Gasteiger partial charge in [0.15, 0.2) is 0 Å². The van der Waals surface area contributed by atoms with Gasteiger partial charge in [-0.2, -0.15) is 0 Å². The lowest BCUT2D eigenvalue weighted by Gasteiger charge is -2.28. The molecule has 0 fully saturated rings. The Bertz CT molecular complexity index is 306. The van der Waals surface area contributed by atoms with Crippen molar-refractivity contribution in [2.24, 2.45) is 5.41 Å². The zero-order valence-corrected chi connectivity index (χ0v) is 11.2. The van der Waals surface area contributed by atoms with Gasteiger partial charge in [0.05, 0.1) is 5.60 Å². The molecule has 0 bridgehead atoms. The van der Waals surface area contributed by atoms with Crippen LogP contribution in [0.1, 0.15) is 46.6 Å². The second-order valence-electron chi connectivity index (χ2n) is 6.04. The van der Waals surface area contributed by atoms with E-state index in [0.717, 1.165) is 13.0 Å². The lowest BCUT2D eigenvalue weighted by atomic mass is 9.92. The molecule has 1 aromatic carbocycles. The van der Waals surface area contributed by atoms with Gasteiger partial charge in [-0.3, -0.25) is 0 Å². The van der Waals surface area contributed by atoms with Crippen molar-refractivity contribution < 1.29 is 4.74 Å². The van der Waals surface area contributed by atoms with Gasteiger partial charge >= 0.3 is 0 Å². The molecule has 0 radical (unpaired) electrons. The zero-order valence-electron chi connectivity index (χ0n) is 11.2. The molecule has 0 saturated heterocycles. The molecule has 0 heterocycles. The van der Waals surface area contributed by atoms with Crippen molar-refractivity contribution in [1.82, 2.24) is 0 Å². The molecule has 0 aromatic heterocycles. The summed E-state index contributed by atoms with van der Waals surface area (Å²) in [6, 6.07) is 10.4. The first-order chi connectivity index (χ1) is 7.31. The third-order valence-electron chi connectivity index (χ3n) is 2.78. The smallest absolute Gasteiger partial charge is 0.0875 e. The van der Waals surface area contributed by atoms with Crippen LogP contribution in [0, 0.1) is 5.41 Å². The average molecular weight is 220 g/mol. The van der Waals surface area contributed by atoms with Crippen molar-refractivity contribution in [2.45, 2.75) is 46.6 Å². The molecular weight excluding hydrogens is 196 g/mol.